The van der Waals surface area contributed by atoms with E-state index in [2.05, 4.69) is 10.3 Å². The fourth-order valence-electron chi connectivity index (χ4n) is 3.42. The van der Waals surface area contributed by atoms with Gasteiger partial charge < -0.3 is 27.7 Å². The lowest BCUT2D eigenvalue weighted by Gasteiger charge is -2.15. The molecule has 0 spiro atoms. The Labute approximate surface area is 192 Å². The van der Waals surface area contributed by atoms with Crippen LogP contribution in [-0.4, -0.2) is 27.7 Å². The average Bonchev–Trinajstić information content (AvgIpc) is 2.74. The molecule has 9 N–H and O–H groups in total. The van der Waals surface area contributed by atoms with Crippen molar-refractivity contribution in [1.29, 1.82) is 5.41 Å². The van der Waals surface area contributed by atoms with Crippen LogP contribution in [0.15, 0.2) is 59.6 Å². The van der Waals surface area contributed by atoms with E-state index in [0.29, 0.717) is 45.8 Å². The predicted molar refractivity (Wildman–Crippen MR) is 130 cm³/mol. The van der Waals surface area contributed by atoms with E-state index in [9.17, 15) is 10.0 Å². The number of nitrogens with two attached hydrogens (primary N) is 3. The average molecular weight is 448 g/mol. The van der Waals surface area contributed by atoms with Crippen LogP contribution in [0.25, 0.3) is 11.1 Å². The van der Waals surface area contributed by atoms with Crippen LogP contribution >= 0.6 is 0 Å². The molecular weight excluding hydrogens is 418 g/mol. The van der Waals surface area contributed by atoms with E-state index in [4.69, 9.17) is 22.6 Å². The van der Waals surface area contributed by atoms with Gasteiger partial charge in [-0.1, -0.05) is 24.3 Å². The maximum Gasteiger partial charge on any atom is 0.226 e. The van der Waals surface area contributed by atoms with Crippen molar-refractivity contribution in [3.05, 3.63) is 76.9 Å². The van der Waals surface area contributed by atoms with Gasteiger partial charge >= 0.3 is 0 Å². The van der Waals surface area contributed by atoms with Crippen LogP contribution in [0, 0.1) is 5.41 Å². The quantitative estimate of drug-likeness (QED) is 0.141. The van der Waals surface area contributed by atoms with Gasteiger partial charge in [0.25, 0.3) is 0 Å². The van der Waals surface area contributed by atoms with Crippen molar-refractivity contribution in [2.24, 2.45) is 10.7 Å². The summed E-state index contributed by atoms with van der Waals surface area (Å²) in [6.07, 6.45) is -0.0898. The summed E-state index contributed by atoms with van der Waals surface area (Å²) in [5.41, 5.74) is 21.8. The van der Waals surface area contributed by atoms with Crippen molar-refractivity contribution in [2.45, 2.75) is 32.9 Å². The molecule has 0 saturated carbocycles. The van der Waals surface area contributed by atoms with E-state index < -0.39 is 0 Å². The first-order valence-corrected chi connectivity index (χ1v) is 10.5. The Balaban J connectivity index is 1.90. The largest absolute Gasteiger partial charge is 0.427 e. The summed E-state index contributed by atoms with van der Waals surface area (Å²) < 4.78 is 0.940. The van der Waals surface area contributed by atoms with Crippen molar-refractivity contribution >= 4 is 23.1 Å². The topological polar surface area (TPSA) is 169 Å². The highest BCUT2D eigenvalue weighted by Crippen LogP contribution is 2.27. The zero-order valence-corrected chi connectivity index (χ0v) is 18.7. The molecule has 0 radical (unpaired) electrons. The number of carbonyl (C=O) groups is 1. The molecule has 3 rings (SSSR count). The first-order chi connectivity index (χ1) is 15.6. The smallest absolute Gasteiger partial charge is 0.226 e. The number of hydrogen-bond donors (Lipinski definition) is 6. The molecule has 9 heteroatoms. The van der Waals surface area contributed by atoms with Crippen LogP contribution in [0.2, 0.25) is 0 Å². The van der Waals surface area contributed by atoms with Crippen LogP contribution in [-0.2, 0) is 17.8 Å². The maximum atomic E-state index is 12.8. The van der Waals surface area contributed by atoms with Gasteiger partial charge in [0.15, 0.2) is 5.49 Å². The Morgan fingerprint density at radius 3 is 2.30 bits per heavy atom. The molecule has 172 valence electrons. The molecule has 1 aromatic heterocycles. The summed E-state index contributed by atoms with van der Waals surface area (Å²) in [5.74, 6) is -0.298. The highest BCUT2D eigenvalue weighted by Gasteiger charge is 2.16. The van der Waals surface area contributed by atoms with E-state index in [1.54, 1.807) is 54.6 Å². The Kier molecular flexibility index (Phi) is 7.02. The van der Waals surface area contributed by atoms with Gasteiger partial charge in [-0.15, -0.1) is 0 Å². The second-order valence-electron chi connectivity index (χ2n) is 8.04. The number of carbonyl (C=O) groups excluding carboxylic acids is 1. The molecule has 0 atom stereocenters. The molecule has 0 aliphatic heterocycles. The van der Waals surface area contributed by atoms with Crippen molar-refractivity contribution < 1.29 is 10.0 Å². The van der Waals surface area contributed by atoms with Gasteiger partial charge in [0, 0.05) is 35.1 Å². The third-order valence-corrected chi connectivity index (χ3v) is 4.94. The highest BCUT2D eigenvalue weighted by atomic mass is 16.5. The number of benzene rings is 2. The van der Waals surface area contributed by atoms with E-state index in [0.717, 1.165) is 10.3 Å². The summed E-state index contributed by atoms with van der Waals surface area (Å²) in [5, 5.41) is 21.2. The SMILES string of the molecule is CC(C)N=c1ccc(-c2cc(N)cc(N)c2)c(CC(=O)NCc2ccc(C(=N)N)cc2)n1O. The van der Waals surface area contributed by atoms with Crippen LogP contribution in [0.4, 0.5) is 11.4 Å². The van der Waals surface area contributed by atoms with Crippen molar-refractivity contribution in [1.82, 2.24) is 10.0 Å². The number of rotatable bonds is 7. The van der Waals surface area contributed by atoms with Gasteiger partial charge in [-0.25, -0.2) is 0 Å². The van der Waals surface area contributed by atoms with Gasteiger partial charge in [-0.2, -0.15) is 4.73 Å². The van der Waals surface area contributed by atoms with Gasteiger partial charge in [-0.3, -0.25) is 15.2 Å². The summed E-state index contributed by atoms with van der Waals surface area (Å²) in [6.45, 7) is 4.09. The number of nitrogens with one attached hydrogen (secondary N) is 2. The molecule has 0 saturated heterocycles. The fraction of sp³-hybridized carbons (Fsp3) is 0.208. The molecule has 3 aromatic rings. The lowest BCUT2D eigenvalue weighted by molar-refractivity contribution is -0.120. The Bertz CT molecular complexity index is 1220. The van der Waals surface area contributed by atoms with Crippen LogP contribution in [0.3, 0.4) is 0 Å². The van der Waals surface area contributed by atoms with Gasteiger partial charge in [0.1, 0.15) is 5.84 Å². The molecule has 1 heterocycles. The van der Waals surface area contributed by atoms with Gasteiger partial charge in [0.2, 0.25) is 5.91 Å². The van der Waals surface area contributed by atoms with Crippen molar-refractivity contribution in [3.8, 4) is 11.1 Å². The Morgan fingerprint density at radius 2 is 1.73 bits per heavy atom. The summed E-state index contributed by atoms with van der Waals surface area (Å²) in [6, 6.07) is 15.6. The Morgan fingerprint density at radius 1 is 1.09 bits per heavy atom. The molecule has 0 aliphatic carbocycles. The summed E-state index contributed by atoms with van der Waals surface area (Å²) in [7, 11) is 0. The predicted octanol–water partition coefficient (Wildman–Crippen LogP) is 2.01. The van der Waals surface area contributed by atoms with E-state index in [-0.39, 0.29) is 24.2 Å². The lowest BCUT2D eigenvalue weighted by Crippen LogP contribution is -2.30. The maximum absolute atomic E-state index is 12.8. The first-order valence-electron chi connectivity index (χ1n) is 10.5. The number of amides is 1. The molecule has 0 bridgehead atoms. The summed E-state index contributed by atoms with van der Waals surface area (Å²) in [4.78, 5) is 17.2. The minimum atomic E-state index is -0.284. The Hall–Kier alpha value is -4.27. The number of pyridine rings is 1. The number of anilines is 2. The first kappa shape index (κ1) is 23.4. The molecule has 0 unspecified atom stereocenters. The highest BCUT2D eigenvalue weighted by molar-refractivity contribution is 5.94. The zero-order chi connectivity index (χ0) is 24.1. The second-order valence-corrected chi connectivity index (χ2v) is 8.04. The number of nitrogens with zero attached hydrogens (tertiary/aromatic N) is 2. The third kappa shape index (κ3) is 5.91. The van der Waals surface area contributed by atoms with Crippen molar-refractivity contribution in [2.75, 3.05) is 11.5 Å². The number of aromatic nitrogens is 1. The van der Waals surface area contributed by atoms with E-state index >= 15 is 0 Å². The normalized spacial score (nSPS) is 11.5. The molecule has 33 heavy (non-hydrogen) atoms. The molecule has 0 aliphatic rings. The fourth-order valence-corrected chi connectivity index (χ4v) is 3.42. The minimum absolute atomic E-state index is 0.0144. The lowest BCUT2D eigenvalue weighted by atomic mass is 10.0. The van der Waals surface area contributed by atoms with Gasteiger partial charge in [-0.05, 0) is 55.3 Å². The van der Waals surface area contributed by atoms with Gasteiger partial charge in [0.05, 0.1) is 12.1 Å². The van der Waals surface area contributed by atoms with E-state index in [1.165, 1.54) is 0 Å². The second kappa shape index (κ2) is 9.90. The molecule has 9 nitrogen and oxygen atoms in total. The standard InChI is InChI=1S/C24H29N7O2/c1-14(2)30-22-8-7-20(17-9-18(25)11-19(26)10-17)21(31(22)33)12-23(32)29-13-15-3-5-16(6-4-15)24(27)28/h3-11,14,33H,12-13,25-26H2,1-2H3,(H3,27,28)(H,29,32). The number of nitrogen functional groups attached to an aromatic ring is 3. The minimum Gasteiger partial charge on any atom is -0.427 e. The number of hydrogen-bond acceptors (Lipinski definition) is 6. The molecule has 1 amide bonds. The number of amidine groups is 1. The summed E-state index contributed by atoms with van der Waals surface area (Å²) >= 11 is 0. The van der Waals surface area contributed by atoms with Crippen LogP contribution < -0.4 is 28.0 Å². The van der Waals surface area contributed by atoms with Crippen molar-refractivity contribution in [3.63, 3.8) is 0 Å². The van der Waals surface area contributed by atoms with Crippen LogP contribution in [0.1, 0.15) is 30.7 Å². The monoisotopic (exact) mass is 447 g/mol. The van der Waals surface area contributed by atoms with E-state index in [1.807, 2.05) is 13.8 Å². The molecular formula is C24H29N7O2. The molecule has 0 fully saturated rings. The molecule has 2 aromatic carbocycles. The third-order valence-electron chi connectivity index (χ3n) is 4.94. The van der Waals surface area contributed by atoms with Crippen LogP contribution in [0.5, 0.6) is 0 Å². The zero-order valence-electron chi connectivity index (χ0n) is 18.7.